The Balaban J connectivity index is 2.11. The fourth-order valence-corrected chi connectivity index (χ4v) is 2.56. The molecular formula is C13H19BrN2. The van der Waals surface area contributed by atoms with Crippen molar-refractivity contribution in [1.82, 2.24) is 5.32 Å². The van der Waals surface area contributed by atoms with Crippen LogP contribution in [0.1, 0.15) is 19.8 Å². The summed E-state index contributed by atoms with van der Waals surface area (Å²) in [4.78, 5) is 2.47. The summed E-state index contributed by atoms with van der Waals surface area (Å²) < 4.78 is 1.16. The first-order valence-corrected chi connectivity index (χ1v) is 6.79. The molecule has 0 spiro atoms. The second kappa shape index (κ2) is 5.69. The Kier molecular flexibility index (Phi) is 4.24. The van der Waals surface area contributed by atoms with Crippen molar-refractivity contribution in [2.45, 2.75) is 25.8 Å². The standard InChI is InChI=1S/C13H19BrN2/c1-11-10-16(8-3-2-7-15-11)13-6-4-5-12(14)9-13/h4-6,9,11,15H,2-3,7-8,10H2,1H3. The number of anilines is 1. The van der Waals surface area contributed by atoms with Crippen LogP contribution in [0.15, 0.2) is 28.7 Å². The minimum atomic E-state index is 0.569. The highest BCUT2D eigenvalue weighted by atomic mass is 79.9. The van der Waals surface area contributed by atoms with Gasteiger partial charge in [0.2, 0.25) is 0 Å². The molecule has 0 aliphatic carbocycles. The highest BCUT2D eigenvalue weighted by Gasteiger charge is 2.13. The van der Waals surface area contributed by atoms with E-state index in [0.717, 1.165) is 17.6 Å². The highest BCUT2D eigenvalue weighted by molar-refractivity contribution is 9.10. The molecule has 1 fully saturated rings. The predicted molar refractivity (Wildman–Crippen MR) is 73.1 cm³/mol. The van der Waals surface area contributed by atoms with Gasteiger partial charge in [0.05, 0.1) is 0 Å². The molecule has 0 aromatic heterocycles. The van der Waals surface area contributed by atoms with Gasteiger partial charge in [-0.2, -0.15) is 0 Å². The Morgan fingerprint density at radius 3 is 3.06 bits per heavy atom. The number of nitrogens with one attached hydrogen (secondary N) is 1. The molecule has 2 nitrogen and oxygen atoms in total. The number of benzene rings is 1. The molecule has 1 aromatic rings. The van der Waals surface area contributed by atoms with Gasteiger partial charge in [0.15, 0.2) is 0 Å². The van der Waals surface area contributed by atoms with Gasteiger partial charge in [-0.15, -0.1) is 0 Å². The quantitative estimate of drug-likeness (QED) is 0.852. The minimum absolute atomic E-state index is 0.569. The lowest BCUT2D eigenvalue weighted by molar-refractivity contribution is 0.485. The Hall–Kier alpha value is -0.540. The predicted octanol–water partition coefficient (Wildman–Crippen LogP) is 3.03. The van der Waals surface area contributed by atoms with E-state index < -0.39 is 0 Å². The SMILES string of the molecule is CC1CN(c2cccc(Br)c2)CCCCN1. The molecule has 1 atom stereocenters. The van der Waals surface area contributed by atoms with Crippen molar-refractivity contribution in [3.8, 4) is 0 Å². The molecule has 1 aliphatic rings. The largest absolute Gasteiger partial charge is 0.370 e. The maximum Gasteiger partial charge on any atom is 0.0378 e. The summed E-state index contributed by atoms with van der Waals surface area (Å²) in [7, 11) is 0. The van der Waals surface area contributed by atoms with Gasteiger partial charge in [-0.05, 0) is 44.5 Å². The van der Waals surface area contributed by atoms with E-state index in [0.29, 0.717) is 6.04 Å². The van der Waals surface area contributed by atoms with E-state index in [2.05, 4.69) is 57.3 Å². The van der Waals surface area contributed by atoms with E-state index in [1.807, 2.05) is 0 Å². The molecule has 16 heavy (non-hydrogen) atoms. The van der Waals surface area contributed by atoms with Gasteiger partial charge in [0, 0.05) is 29.3 Å². The number of halogens is 1. The van der Waals surface area contributed by atoms with Crippen molar-refractivity contribution in [1.29, 1.82) is 0 Å². The van der Waals surface area contributed by atoms with Crippen molar-refractivity contribution in [2.24, 2.45) is 0 Å². The molecule has 1 heterocycles. The molecule has 0 radical (unpaired) electrons. The minimum Gasteiger partial charge on any atom is -0.370 e. The topological polar surface area (TPSA) is 15.3 Å². The van der Waals surface area contributed by atoms with Crippen molar-refractivity contribution in [3.63, 3.8) is 0 Å². The van der Waals surface area contributed by atoms with Crippen molar-refractivity contribution < 1.29 is 0 Å². The molecular weight excluding hydrogens is 264 g/mol. The van der Waals surface area contributed by atoms with Crippen LogP contribution in [-0.2, 0) is 0 Å². The van der Waals surface area contributed by atoms with Crippen LogP contribution < -0.4 is 10.2 Å². The second-order valence-corrected chi connectivity index (χ2v) is 5.40. The molecule has 88 valence electrons. The lowest BCUT2D eigenvalue weighted by atomic mass is 10.1. The van der Waals surface area contributed by atoms with E-state index >= 15 is 0 Å². The van der Waals surface area contributed by atoms with Crippen molar-refractivity contribution >= 4 is 21.6 Å². The smallest absolute Gasteiger partial charge is 0.0378 e. The van der Waals surface area contributed by atoms with Crippen LogP contribution in [0.2, 0.25) is 0 Å². The van der Waals surface area contributed by atoms with Crippen molar-refractivity contribution in [2.75, 3.05) is 24.5 Å². The lowest BCUT2D eigenvalue weighted by Crippen LogP contribution is -2.42. The van der Waals surface area contributed by atoms with Crippen LogP contribution in [0.5, 0.6) is 0 Å². The fourth-order valence-electron chi connectivity index (χ4n) is 2.17. The van der Waals surface area contributed by atoms with Gasteiger partial charge in [-0.3, -0.25) is 0 Å². The first-order chi connectivity index (χ1) is 7.75. The lowest BCUT2D eigenvalue weighted by Gasteiger charge is -2.31. The summed E-state index contributed by atoms with van der Waals surface area (Å²) >= 11 is 3.54. The van der Waals surface area contributed by atoms with Crippen LogP contribution in [-0.4, -0.2) is 25.7 Å². The van der Waals surface area contributed by atoms with Crippen LogP contribution in [0, 0.1) is 0 Å². The average Bonchev–Trinajstić information content (AvgIpc) is 2.23. The van der Waals surface area contributed by atoms with Crippen LogP contribution in [0.4, 0.5) is 5.69 Å². The summed E-state index contributed by atoms with van der Waals surface area (Å²) in [5.41, 5.74) is 1.32. The van der Waals surface area contributed by atoms with Gasteiger partial charge in [-0.1, -0.05) is 22.0 Å². The normalized spacial score (nSPS) is 22.6. The maximum atomic E-state index is 3.55. The van der Waals surface area contributed by atoms with Gasteiger partial charge in [0.25, 0.3) is 0 Å². The molecule has 2 rings (SSSR count). The number of rotatable bonds is 1. The Labute approximate surface area is 106 Å². The second-order valence-electron chi connectivity index (χ2n) is 4.49. The van der Waals surface area contributed by atoms with E-state index in [1.54, 1.807) is 0 Å². The summed E-state index contributed by atoms with van der Waals surface area (Å²) in [5, 5.41) is 3.55. The fraction of sp³-hybridized carbons (Fsp3) is 0.538. The molecule has 3 heteroatoms. The summed E-state index contributed by atoms with van der Waals surface area (Å²) in [5.74, 6) is 0. The Morgan fingerprint density at radius 2 is 2.25 bits per heavy atom. The Bertz CT molecular complexity index is 340. The third-order valence-electron chi connectivity index (χ3n) is 3.02. The zero-order valence-corrected chi connectivity index (χ0v) is 11.3. The number of hydrogen-bond acceptors (Lipinski definition) is 2. The third kappa shape index (κ3) is 3.22. The molecule has 1 aliphatic heterocycles. The van der Waals surface area contributed by atoms with Crippen LogP contribution in [0.25, 0.3) is 0 Å². The molecule has 1 N–H and O–H groups in total. The molecule has 0 bridgehead atoms. The Morgan fingerprint density at radius 1 is 1.38 bits per heavy atom. The number of nitrogens with zero attached hydrogens (tertiary/aromatic N) is 1. The zero-order valence-electron chi connectivity index (χ0n) is 9.75. The van der Waals surface area contributed by atoms with E-state index in [4.69, 9.17) is 0 Å². The zero-order chi connectivity index (χ0) is 11.4. The summed E-state index contributed by atoms with van der Waals surface area (Å²) in [6.45, 7) is 5.68. The molecule has 1 unspecified atom stereocenters. The van der Waals surface area contributed by atoms with Crippen LogP contribution >= 0.6 is 15.9 Å². The first kappa shape index (κ1) is 11.9. The van der Waals surface area contributed by atoms with Gasteiger partial charge < -0.3 is 10.2 Å². The monoisotopic (exact) mass is 282 g/mol. The highest BCUT2D eigenvalue weighted by Crippen LogP contribution is 2.21. The molecule has 1 aromatic carbocycles. The van der Waals surface area contributed by atoms with Crippen molar-refractivity contribution in [3.05, 3.63) is 28.7 Å². The average molecular weight is 283 g/mol. The van der Waals surface area contributed by atoms with Crippen LogP contribution in [0.3, 0.4) is 0 Å². The molecule has 0 amide bonds. The third-order valence-corrected chi connectivity index (χ3v) is 3.51. The van der Waals surface area contributed by atoms with Gasteiger partial charge >= 0.3 is 0 Å². The first-order valence-electron chi connectivity index (χ1n) is 5.99. The molecule has 0 saturated carbocycles. The summed E-state index contributed by atoms with van der Waals surface area (Å²) in [6, 6.07) is 9.15. The number of hydrogen-bond donors (Lipinski definition) is 1. The van der Waals surface area contributed by atoms with E-state index in [1.165, 1.54) is 25.1 Å². The van der Waals surface area contributed by atoms with E-state index in [9.17, 15) is 0 Å². The maximum absolute atomic E-state index is 3.55. The van der Waals surface area contributed by atoms with Gasteiger partial charge in [0.1, 0.15) is 0 Å². The summed E-state index contributed by atoms with van der Waals surface area (Å²) in [6.07, 6.45) is 2.54. The van der Waals surface area contributed by atoms with E-state index in [-0.39, 0.29) is 0 Å². The van der Waals surface area contributed by atoms with Gasteiger partial charge in [-0.25, -0.2) is 0 Å². The molecule has 1 saturated heterocycles.